The number of carbonyl (C=O) groups is 3. The van der Waals surface area contributed by atoms with E-state index in [0.717, 1.165) is 0 Å². The second-order valence-corrected chi connectivity index (χ2v) is 5.52. The molecule has 2 amide bonds. The molecule has 0 aromatic carbocycles. The lowest BCUT2D eigenvalue weighted by molar-refractivity contribution is -0.160. The lowest BCUT2D eigenvalue weighted by atomic mass is 10.0. The molecule has 2 unspecified atom stereocenters. The second kappa shape index (κ2) is 5.78. The van der Waals surface area contributed by atoms with Crippen LogP contribution in [0.1, 0.15) is 27.2 Å². The van der Waals surface area contributed by atoms with Gasteiger partial charge in [0.1, 0.15) is 25.0 Å². The summed E-state index contributed by atoms with van der Waals surface area (Å²) in [6.45, 7) is 5.58. The van der Waals surface area contributed by atoms with Gasteiger partial charge in [0.15, 0.2) is 0 Å². The maximum absolute atomic E-state index is 11.9. The van der Waals surface area contributed by atoms with Crippen LogP contribution in [0.25, 0.3) is 0 Å². The van der Waals surface area contributed by atoms with Crippen LogP contribution in [-0.4, -0.2) is 54.2 Å². The van der Waals surface area contributed by atoms with Crippen molar-refractivity contribution in [3.63, 3.8) is 0 Å². The molecule has 0 bridgehead atoms. The number of hydrogen-bond donors (Lipinski definition) is 1. The Balaban J connectivity index is 1.79. The first-order chi connectivity index (χ1) is 9.38. The highest BCUT2D eigenvalue weighted by molar-refractivity contribution is 5.84. The molecule has 2 aliphatic rings. The van der Waals surface area contributed by atoms with Gasteiger partial charge in [-0.2, -0.15) is 0 Å². The number of nitrogens with zero attached hydrogens (tertiary/aromatic N) is 1. The molecule has 7 nitrogen and oxygen atoms in total. The monoisotopic (exact) mass is 284 g/mol. The van der Waals surface area contributed by atoms with E-state index in [4.69, 9.17) is 9.47 Å². The molecule has 3 atom stereocenters. The van der Waals surface area contributed by atoms with Gasteiger partial charge in [-0.3, -0.25) is 9.59 Å². The summed E-state index contributed by atoms with van der Waals surface area (Å²) in [5.74, 6) is -0.730. The van der Waals surface area contributed by atoms with Crippen molar-refractivity contribution in [1.82, 2.24) is 10.2 Å². The summed E-state index contributed by atoms with van der Waals surface area (Å²) in [5, 5.41) is 2.57. The molecule has 0 radical (unpaired) electrons. The predicted octanol–water partition coefficient (Wildman–Crippen LogP) is -0.352. The minimum atomic E-state index is -0.660. The van der Waals surface area contributed by atoms with Crippen LogP contribution in [0.3, 0.4) is 0 Å². The van der Waals surface area contributed by atoms with Crippen molar-refractivity contribution in [3.8, 4) is 0 Å². The topological polar surface area (TPSA) is 84.9 Å². The Morgan fingerprint density at radius 3 is 2.70 bits per heavy atom. The third-order valence-corrected chi connectivity index (χ3v) is 3.46. The van der Waals surface area contributed by atoms with E-state index in [1.54, 1.807) is 4.90 Å². The van der Waals surface area contributed by atoms with E-state index in [0.29, 0.717) is 13.0 Å². The zero-order valence-corrected chi connectivity index (χ0v) is 11.9. The van der Waals surface area contributed by atoms with Crippen LogP contribution >= 0.6 is 0 Å². The van der Waals surface area contributed by atoms with Gasteiger partial charge in [-0.25, -0.2) is 4.79 Å². The molecule has 0 saturated carbocycles. The molecule has 2 fully saturated rings. The Labute approximate surface area is 117 Å². The van der Waals surface area contributed by atoms with Gasteiger partial charge in [0.05, 0.1) is 13.0 Å². The van der Waals surface area contributed by atoms with Gasteiger partial charge < -0.3 is 19.7 Å². The molecular formula is C13H20N2O5. The Bertz CT molecular complexity index is 423. The number of fused-ring (bicyclic) bond motifs is 1. The maximum Gasteiger partial charge on any atom is 0.328 e. The average Bonchev–Trinajstić information content (AvgIpc) is 2.69. The molecule has 1 N–H and O–H groups in total. The predicted molar refractivity (Wildman–Crippen MR) is 68.4 cm³/mol. The molecule has 0 aromatic rings. The van der Waals surface area contributed by atoms with Gasteiger partial charge in [0.2, 0.25) is 11.8 Å². The van der Waals surface area contributed by atoms with Gasteiger partial charge in [0.25, 0.3) is 0 Å². The zero-order valence-electron chi connectivity index (χ0n) is 11.9. The van der Waals surface area contributed by atoms with Crippen molar-refractivity contribution in [3.05, 3.63) is 0 Å². The first-order valence-corrected chi connectivity index (χ1v) is 6.77. The Morgan fingerprint density at radius 1 is 1.50 bits per heavy atom. The minimum absolute atomic E-state index is 0.0580. The molecule has 2 heterocycles. The third kappa shape index (κ3) is 3.09. The number of carbonyl (C=O) groups excluding carboxylic acids is 3. The zero-order chi connectivity index (χ0) is 14.9. The fraction of sp³-hybridized carbons (Fsp3) is 0.769. The normalized spacial score (nSPS) is 26.0. The van der Waals surface area contributed by atoms with E-state index in [9.17, 15) is 14.4 Å². The minimum Gasteiger partial charge on any atom is -0.461 e. The number of hydrogen-bond acceptors (Lipinski definition) is 5. The largest absolute Gasteiger partial charge is 0.461 e. The molecule has 112 valence electrons. The number of nitrogens with one attached hydrogen (secondary N) is 1. The van der Waals surface area contributed by atoms with E-state index in [2.05, 4.69) is 5.32 Å². The van der Waals surface area contributed by atoms with Crippen LogP contribution in [0.2, 0.25) is 0 Å². The molecule has 7 heteroatoms. The van der Waals surface area contributed by atoms with Crippen molar-refractivity contribution in [2.24, 2.45) is 5.92 Å². The first-order valence-electron chi connectivity index (χ1n) is 6.77. The molecule has 2 rings (SSSR count). The Morgan fingerprint density at radius 2 is 2.20 bits per heavy atom. The van der Waals surface area contributed by atoms with Crippen molar-refractivity contribution in [2.45, 2.75) is 45.6 Å². The van der Waals surface area contributed by atoms with Crippen LogP contribution < -0.4 is 5.32 Å². The van der Waals surface area contributed by atoms with Crippen LogP contribution in [0.4, 0.5) is 0 Å². The molecule has 0 aliphatic carbocycles. The van der Waals surface area contributed by atoms with Crippen molar-refractivity contribution in [1.29, 1.82) is 0 Å². The number of amides is 2. The van der Waals surface area contributed by atoms with E-state index in [1.807, 2.05) is 13.8 Å². The average molecular weight is 284 g/mol. The number of β-lactam (4-membered cyclic amide) rings is 1. The van der Waals surface area contributed by atoms with Crippen LogP contribution in [0.15, 0.2) is 0 Å². The summed E-state index contributed by atoms with van der Waals surface area (Å²) in [5.41, 5.74) is 0. The SMILES string of the molecule is CC(=O)N[C@@H](C(=O)OCC1CN2C(=O)CC2O1)C(C)C. The van der Waals surface area contributed by atoms with Crippen molar-refractivity contribution in [2.75, 3.05) is 13.2 Å². The van der Waals surface area contributed by atoms with Crippen LogP contribution in [-0.2, 0) is 23.9 Å². The summed E-state index contributed by atoms with van der Waals surface area (Å²) in [6, 6.07) is -0.660. The van der Waals surface area contributed by atoms with Gasteiger partial charge in [-0.1, -0.05) is 13.8 Å². The first kappa shape index (κ1) is 14.8. The lowest BCUT2D eigenvalue weighted by Crippen LogP contribution is -2.48. The standard InChI is InChI=1S/C13H20N2O5/c1-7(2)12(14-8(3)16)13(18)19-6-9-5-15-10(17)4-11(15)20-9/h7,9,11-12H,4-6H2,1-3H3,(H,14,16)/t9?,11?,12-/m1/s1. The van der Waals surface area contributed by atoms with E-state index in [-0.39, 0.29) is 36.7 Å². The third-order valence-electron chi connectivity index (χ3n) is 3.46. The highest BCUT2D eigenvalue weighted by Gasteiger charge is 2.45. The molecule has 2 aliphatic heterocycles. The van der Waals surface area contributed by atoms with Gasteiger partial charge >= 0.3 is 5.97 Å². The smallest absolute Gasteiger partial charge is 0.328 e. The summed E-state index contributed by atoms with van der Waals surface area (Å²) in [7, 11) is 0. The fourth-order valence-electron chi connectivity index (χ4n) is 2.32. The summed E-state index contributed by atoms with van der Waals surface area (Å²) >= 11 is 0. The summed E-state index contributed by atoms with van der Waals surface area (Å²) < 4.78 is 10.7. The van der Waals surface area contributed by atoms with Crippen molar-refractivity contribution < 1.29 is 23.9 Å². The molecule has 2 saturated heterocycles. The number of rotatable bonds is 5. The van der Waals surface area contributed by atoms with Crippen molar-refractivity contribution >= 4 is 17.8 Å². The van der Waals surface area contributed by atoms with Crippen LogP contribution in [0.5, 0.6) is 0 Å². The lowest BCUT2D eigenvalue weighted by Gasteiger charge is -2.31. The summed E-state index contributed by atoms with van der Waals surface area (Å²) in [4.78, 5) is 35.8. The van der Waals surface area contributed by atoms with E-state index < -0.39 is 12.0 Å². The summed E-state index contributed by atoms with van der Waals surface area (Å²) in [6.07, 6.45) is -0.0201. The van der Waals surface area contributed by atoms with E-state index in [1.165, 1.54) is 6.92 Å². The maximum atomic E-state index is 11.9. The molecule has 20 heavy (non-hydrogen) atoms. The van der Waals surface area contributed by atoms with Crippen LogP contribution in [0, 0.1) is 5.92 Å². The van der Waals surface area contributed by atoms with Gasteiger partial charge in [-0.05, 0) is 5.92 Å². The highest BCUT2D eigenvalue weighted by Crippen LogP contribution is 2.28. The molecule has 0 aromatic heterocycles. The highest BCUT2D eigenvalue weighted by atomic mass is 16.6. The van der Waals surface area contributed by atoms with E-state index >= 15 is 0 Å². The fourth-order valence-corrected chi connectivity index (χ4v) is 2.32. The second-order valence-electron chi connectivity index (χ2n) is 5.52. The number of esters is 1. The van der Waals surface area contributed by atoms with Gasteiger partial charge in [0, 0.05) is 6.92 Å². The molecular weight excluding hydrogens is 264 g/mol. The Hall–Kier alpha value is -1.63. The number of ether oxygens (including phenoxy) is 2. The quantitative estimate of drug-likeness (QED) is 0.551. The molecule has 0 spiro atoms. The Kier molecular flexibility index (Phi) is 4.27. The van der Waals surface area contributed by atoms with Gasteiger partial charge in [-0.15, -0.1) is 0 Å².